The van der Waals surface area contributed by atoms with Crippen molar-refractivity contribution in [2.75, 3.05) is 13.7 Å². The summed E-state index contributed by atoms with van der Waals surface area (Å²) in [6.07, 6.45) is 5.83. The van der Waals surface area contributed by atoms with Gasteiger partial charge in [-0.05, 0) is 49.6 Å². The van der Waals surface area contributed by atoms with E-state index in [-0.39, 0.29) is 6.61 Å². The Morgan fingerprint density at radius 3 is 2.76 bits per heavy atom. The van der Waals surface area contributed by atoms with Crippen LogP contribution in [0.1, 0.15) is 56.4 Å². The second-order valence-electron chi connectivity index (χ2n) is 6.84. The Labute approximate surface area is 133 Å². The van der Waals surface area contributed by atoms with Gasteiger partial charge < -0.3 is 5.11 Å². The molecule has 2 rings (SSSR count). The highest BCUT2D eigenvalue weighted by Gasteiger charge is 2.28. The van der Waals surface area contributed by atoms with Crippen molar-refractivity contribution in [3.8, 4) is 11.8 Å². The summed E-state index contributed by atoms with van der Waals surface area (Å²) in [7, 11) is 2.24. The van der Waals surface area contributed by atoms with Crippen LogP contribution in [0, 0.1) is 17.3 Å². The maximum absolute atomic E-state index is 8.81. The molecule has 21 heavy (non-hydrogen) atoms. The predicted octanol–water partition coefficient (Wildman–Crippen LogP) is 3.88. The van der Waals surface area contributed by atoms with Gasteiger partial charge in [0.25, 0.3) is 0 Å². The van der Waals surface area contributed by atoms with Crippen molar-refractivity contribution in [3.05, 3.63) is 21.9 Å². The minimum atomic E-state index is 0.143. The zero-order valence-corrected chi connectivity index (χ0v) is 14.3. The Hall–Kier alpha value is -0.820. The van der Waals surface area contributed by atoms with Crippen molar-refractivity contribution in [2.24, 2.45) is 5.41 Å². The molecule has 0 radical (unpaired) electrons. The topological polar surface area (TPSA) is 23.5 Å². The van der Waals surface area contributed by atoms with E-state index in [0.717, 1.165) is 12.1 Å². The smallest absolute Gasteiger partial charge is 0.0540 e. The molecule has 2 nitrogen and oxygen atoms in total. The highest BCUT2D eigenvalue weighted by molar-refractivity contribution is 7.10. The standard InChI is InChI=1S/C18H27NOS/c1-18(2)10-7-16(8-11-18)19(3)14-17-15(9-13-21-17)6-4-5-12-20/h9,13,16,20H,5,7-8,10-12,14H2,1-3H3. The van der Waals surface area contributed by atoms with E-state index in [1.807, 2.05) is 0 Å². The van der Waals surface area contributed by atoms with Gasteiger partial charge in [-0.2, -0.15) is 0 Å². The molecule has 1 aromatic rings. The van der Waals surface area contributed by atoms with Crippen molar-refractivity contribution >= 4 is 11.3 Å². The van der Waals surface area contributed by atoms with Gasteiger partial charge in [-0.25, -0.2) is 0 Å². The Morgan fingerprint density at radius 2 is 2.10 bits per heavy atom. The van der Waals surface area contributed by atoms with Crippen LogP contribution in [0.3, 0.4) is 0 Å². The van der Waals surface area contributed by atoms with Crippen LogP contribution in [-0.2, 0) is 6.54 Å². The lowest BCUT2D eigenvalue weighted by Gasteiger charge is -2.38. The summed E-state index contributed by atoms with van der Waals surface area (Å²) in [5.74, 6) is 6.22. The molecule has 1 aliphatic rings. The van der Waals surface area contributed by atoms with Gasteiger partial charge in [-0.15, -0.1) is 11.3 Å². The number of rotatable bonds is 4. The first kappa shape index (κ1) is 16.5. The number of hydrogen-bond donors (Lipinski definition) is 1. The lowest BCUT2D eigenvalue weighted by molar-refractivity contribution is 0.123. The highest BCUT2D eigenvalue weighted by atomic mass is 32.1. The van der Waals surface area contributed by atoms with Crippen LogP contribution in [0.15, 0.2) is 11.4 Å². The monoisotopic (exact) mass is 305 g/mol. The van der Waals surface area contributed by atoms with Gasteiger partial charge in [-0.3, -0.25) is 4.90 Å². The fourth-order valence-corrected chi connectivity index (χ4v) is 3.86. The Morgan fingerprint density at radius 1 is 1.38 bits per heavy atom. The van der Waals surface area contributed by atoms with Crippen molar-refractivity contribution in [1.82, 2.24) is 4.90 Å². The van der Waals surface area contributed by atoms with Crippen LogP contribution in [0.4, 0.5) is 0 Å². The Balaban J connectivity index is 1.93. The molecule has 0 amide bonds. The molecule has 0 spiro atoms. The van der Waals surface area contributed by atoms with Gasteiger partial charge in [0.2, 0.25) is 0 Å². The van der Waals surface area contributed by atoms with Crippen molar-refractivity contribution < 1.29 is 5.11 Å². The average molecular weight is 305 g/mol. The molecule has 1 aromatic heterocycles. The van der Waals surface area contributed by atoms with Gasteiger partial charge in [0, 0.05) is 29.4 Å². The van der Waals surface area contributed by atoms with Crippen LogP contribution in [0.2, 0.25) is 0 Å². The molecular weight excluding hydrogens is 278 g/mol. The van der Waals surface area contributed by atoms with E-state index in [1.54, 1.807) is 11.3 Å². The second-order valence-corrected chi connectivity index (χ2v) is 7.84. The van der Waals surface area contributed by atoms with Crippen LogP contribution in [-0.4, -0.2) is 29.7 Å². The van der Waals surface area contributed by atoms with E-state index < -0.39 is 0 Å². The van der Waals surface area contributed by atoms with Crippen LogP contribution < -0.4 is 0 Å². The summed E-state index contributed by atoms with van der Waals surface area (Å²) >= 11 is 1.79. The largest absolute Gasteiger partial charge is 0.395 e. The molecule has 0 aliphatic heterocycles. The molecule has 116 valence electrons. The fraction of sp³-hybridized carbons (Fsp3) is 0.667. The molecule has 1 aliphatic carbocycles. The van der Waals surface area contributed by atoms with E-state index in [4.69, 9.17) is 5.11 Å². The molecule has 0 bridgehead atoms. The van der Waals surface area contributed by atoms with Gasteiger partial charge >= 0.3 is 0 Å². The second kappa shape index (κ2) is 7.45. The lowest BCUT2D eigenvalue weighted by Crippen LogP contribution is -2.36. The molecule has 1 heterocycles. The highest BCUT2D eigenvalue weighted by Crippen LogP contribution is 2.37. The Kier molecular flexibility index (Phi) is 5.87. The minimum Gasteiger partial charge on any atom is -0.395 e. The van der Waals surface area contributed by atoms with Crippen molar-refractivity contribution in [2.45, 2.75) is 58.5 Å². The summed E-state index contributed by atoms with van der Waals surface area (Å²) in [5.41, 5.74) is 1.66. The molecule has 1 saturated carbocycles. The first-order chi connectivity index (χ1) is 10.0. The van der Waals surface area contributed by atoms with E-state index in [9.17, 15) is 0 Å². The van der Waals surface area contributed by atoms with E-state index in [2.05, 4.69) is 49.1 Å². The van der Waals surface area contributed by atoms with Crippen LogP contribution >= 0.6 is 11.3 Å². The molecule has 1 fully saturated rings. The molecule has 0 aromatic carbocycles. The zero-order chi connectivity index (χ0) is 15.3. The van der Waals surface area contributed by atoms with Crippen molar-refractivity contribution in [1.29, 1.82) is 0 Å². The summed E-state index contributed by atoms with van der Waals surface area (Å²) in [6.45, 7) is 5.91. The summed E-state index contributed by atoms with van der Waals surface area (Å²) in [5, 5.41) is 10.9. The number of hydrogen-bond acceptors (Lipinski definition) is 3. The third-order valence-corrected chi connectivity index (χ3v) is 5.44. The molecule has 0 unspecified atom stereocenters. The average Bonchev–Trinajstić information content (AvgIpc) is 2.86. The first-order valence-electron chi connectivity index (χ1n) is 7.88. The normalized spacial score (nSPS) is 18.5. The van der Waals surface area contributed by atoms with E-state index in [1.165, 1.54) is 30.6 Å². The third kappa shape index (κ3) is 4.85. The minimum absolute atomic E-state index is 0.143. The molecule has 0 saturated heterocycles. The third-order valence-electron chi connectivity index (χ3n) is 4.53. The summed E-state index contributed by atoms with van der Waals surface area (Å²) in [4.78, 5) is 3.85. The molecule has 3 heteroatoms. The molecule has 1 N–H and O–H groups in total. The lowest BCUT2D eigenvalue weighted by atomic mass is 9.75. The maximum atomic E-state index is 8.81. The number of aliphatic hydroxyl groups is 1. The predicted molar refractivity (Wildman–Crippen MR) is 90.4 cm³/mol. The van der Waals surface area contributed by atoms with Crippen LogP contribution in [0.5, 0.6) is 0 Å². The van der Waals surface area contributed by atoms with Gasteiger partial charge in [0.1, 0.15) is 0 Å². The van der Waals surface area contributed by atoms with Crippen LogP contribution in [0.25, 0.3) is 0 Å². The first-order valence-corrected chi connectivity index (χ1v) is 8.76. The van der Waals surface area contributed by atoms with Crippen molar-refractivity contribution in [3.63, 3.8) is 0 Å². The van der Waals surface area contributed by atoms with E-state index >= 15 is 0 Å². The number of aliphatic hydroxyl groups excluding tert-OH is 1. The zero-order valence-electron chi connectivity index (χ0n) is 13.5. The number of thiophene rings is 1. The molecular formula is C18H27NOS. The number of nitrogens with zero attached hydrogens (tertiary/aromatic N) is 1. The van der Waals surface area contributed by atoms with Gasteiger partial charge in [0.15, 0.2) is 0 Å². The van der Waals surface area contributed by atoms with Gasteiger partial charge in [0.05, 0.1) is 6.61 Å². The van der Waals surface area contributed by atoms with Gasteiger partial charge in [-0.1, -0.05) is 25.7 Å². The quantitative estimate of drug-likeness (QED) is 0.853. The SMILES string of the molecule is CN(Cc1sccc1C#CCCO)C1CCC(C)(C)CC1. The molecule has 0 atom stereocenters. The Bertz CT molecular complexity index is 499. The fourth-order valence-electron chi connectivity index (χ4n) is 2.97. The maximum Gasteiger partial charge on any atom is 0.0540 e. The summed E-state index contributed by atoms with van der Waals surface area (Å²) < 4.78 is 0. The van der Waals surface area contributed by atoms with E-state index in [0.29, 0.717) is 17.9 Å². The summed E-state index contributed by atoms with van der Waals surface area (Å²) in [6, 6.07) is 2.81.